The third-order valence-corrected chi connectivity index (χ3v) is 4.20. The second-order valence-electron chi connectivity index (χ2n) is 6.08. The van der Waals surface area contributed by atoms with Crippen molar-refractivity contribution in [3.63, 3.8) is 0 Å². The Morgan fingerprint density at radius 2 is 1.95 bits per heavy atom. The Balaban J connectivity index is 1.80. The molecule has 2 N–H and O–H groups in total. The average Bonchev–Trinajstić information content (AvgIpc) is 2.68. The highest BCUT2D eigenvalue weighted by atomic mass is 19.1. The molecule has 0 aliphatic carbocycles. The maximum atomic E-state index is 12.9. The van der Waals surface area contributed by atoms with Crippen molar-refractivity contribution >= 4 is 0 Å². The molecule has 2 rings (SSSR count). The first-order valence-electron chi connectivity index (χ1n) is 7.90. The maximum Gasteiger partial charge on any atom is 0.123 e. The van der Waals surface area contributed by atoms with Crippen molar-refractivity contribution in [2.75, 3.05) is 6.54 Å². The molecule has 1 saturated heterocycles. The van der Waals surface area contributed by atoms with E-state index in [0.29, 0.717) is 12.1 Å². The van der Waals surface area contributed by atoms with E-state index in [2.05, 4.69) is 24.5 Å². The molecule has 2 unspecified atom stereocenters. The van der Waals surface area contributed by atoms with Crippen LogP contribution in [0.5, 0.6) is 0 Å². The minimum Gasteiger partial charge on any atom is -0.314 e. The molecular formula is C17H27FN2. The number of benzene rings is 1. The van der Waals surface area contributed by atoms with E-state index < -0.39 is 0 Å². The first-order valence-corrected chi connectivity index (χ1v) is 7.90. The highest BCUT2D eigenvalue weighted by Gasteiger charge is 2.16. The zero-order chi connectivity index (χ0) is 14.4. The first-order chi connectivity index (χ1) is 9.65. The Kier molecular flexibility index (Phi) is 5.99. The zero-order valence-corrected chi connectivity index (χ0v) is 12.7. The van der Waals surface area contributed by atoms with E-state index in [1.165, 1.54) is 37.8 Å². The lowest BCUT2D eigenvalue weighted by atomic mass is 10.0. The number of nitrogens with one attached hydrogen (secondary N) is 2. The second-order valence-corrected chi connectivity index (χ2v) is 6.08. The smallest absolute Gasteiger partial charge is 0.123 e. The number of rotatable bonds is 5. The number of hydrogen-bond donors (Lipinski definition) is 2. The van der Waals surface area contributed by atoms with Crippen molar-refractivity contribution in [3.8, 4) is 0 Å². The van der Waals surface area contributed by atoms with Gasteiger partial charge in [-0.05, 0) is 57.4 Å². The molecule has 1 aliphatic heterocycles. The quantitative estimate of drug-likeness (QED) is 0.856. The van der Waals surface area contributed by atoms with Crippen LogP contribution in [0.2, 0.25) is 0 Å². The molecule has 2 nitrogen and oxygen atoms in total. The van der Waals surface area contributed by atoms with E-state index >= 15 is 0 Å². The Morgan fingerprint density at radius 3 is 2.70 bits per heavy atom. The summed E-state index contributed by atoms with van der Waals surface area (Å²) in [6.45, 7) is 5.54. The van der Waals surface area contributed by atoms with E-state index in [-0.39, 0.29) is 11.9 Å². The Morgan fingerprint density at radius 1 is 1.20 bits per heavy atom. The molecule has 0 radical (unpaired) electrons. The Bertz CT molecular complexity index is 382. The summed E-state index contributed by atoms with van der Waals surface area (Å²) < 4.78 is 12.9. The van der Waals surface area contributed by atoms with E-state index in [1.807, 2.05) is 12.1 Å². The van der Waals surface area contributed by atoms with Crippen molar-refractivity contribution in [3.05, 3.63) is 35.6 Å². The predicted octanol–water partition coefficient (Wildman–Crippen LogP) is 3.79. The van der Waals surface area contributed by atoms with Crippen molar-refractivity contribution in [2.24, 2.45) is 0 Å². The van der Waals surface area contributed by atoms with E-state index in [1.54, 1.807) is 0 Å². The second kappa shape index (κ2) is 7.75. The third-order valence-electron chi connectivity index (χ3n) is 4.20. The van der Waals surface area contributed by atoms with E-state index in [0.717, 1.165) is 18.5 Å². The SMILES string of the molecule is CC(CC1CCCCCN1)N[C@H](C)c1ccc(F)cc1. The van der Waals surface area contributed by atoms with Gasteiger partial charge in [0, 0.05) is 18.1 Å². The van der Waals surface area contributed by atoms with E-state index in [9.17, 15) is 4.39 Å². The van der Waals surface area contributed by atoms with Crippen LogP contribution in [0.1, 0.15) is 57.6 Å². The van der Waals surface area contributed by atoms with E-state index in [4.69, 9.17) is 0 Å². The van der Waals surface area contributed by atoms with Gasteiger partial charge in [0.25, 0.3) is 0 Å². The fraction of sp³-hybridized carbons (Fsp3) is 0.647. The lowest BCUT2D eigenvalue weighted by molar-refractivity contribution is 0.380. The summed E-state index contributed by atoms with van der Waals surface area (Å²) in [6, 6.07) is 8.16. The summed E-state index contributed by atoms with van der Waals surface area (Å²) >= 11 is 0. The molecule has 0 saturated carbocycles. The van der Waals surface area contributed by atoms with Crippen LogP contribution >= 0.6 is 0 Å². The summed E-state index contributed by atoms with van der Waals surface area (Å²) in [5.41, 5.74) is 1.15. The molecule has 3 atom stereocenters. The molecule has 0 amide bonds. The fourth-order valence-electron chi connectivity index (χ4n) is 3.07. The van der Waals surface area contributed by atoms with Gasteiger partial charge >= 0.3 is 0 Å². The number of halogens is 1. The van der Waals surface area contributed by atoms with Gasteiger partial charge in [-0.2, -0.15) is 0 Å². The van der Waals surface area contributed by atoms with Crippen LogP contribution in [0.25, 0.3) is 0 Å². The summed E-state index contributed by atoms with van der Waals surface area (Å²) in [5.74, 6) is -0.170. The van der Waals surface area contributed by atoms with Crippen LogP contribution < -0.4 is 10.6 Å². The molecule has 1 aliphatic rings. The predicted molar refractivity (Wildman–Crippen MR) is 82.3 cm³/mol. The topological polar surface area (TPSA) is 24.1 Å². The minimum atomic E-state index is -0.170. The molecule has 0 aromatic heterocycles. The molecular weight excluding hydrogens is 251 g/mol. The molecule has 20 heavy (non-hydrogen) atoms. The van der Waals surface area contributed by atoms with Crippen molar-refractivity contribution in [2.45, 2.75) is 64.1 Å². The molecule has 1 heterocycles. The largest absolute Gasteiger partial charge is 0.314 e. The standard InChI is InChI=1S/C17H27FN2/c1-13(12-17-6-4-3-5-11-19-17)20-14(2)15-7-9-16(18)10-8-15/h7-10,13-14,17,19-20H,3-6,11-12H2,1-2H3/t13?,14-,17?/m1/s1. The van der Waals surface area contributed by atoms with Crippen LogP contribution in [0.15, 0.2) is 24.3 Å². The highest BCUT2D eigenvalue weighted by Crippen LogP contribution is 2.17. The van der Waals surface area contributed by atoms with Crippen molar-refractivity contribution < 1.29 is 4.39 Å². The Hall–Kier alpha value is -0.930. The summed E-state index contributed by atoms with van der Waals surface area (Å²) in [4.78, 5) is 0. The van der Waals surface area contributed by atoms with Crippen LogP contribution in [0.4, 0.5) is 4.39 Å². The Labute approximate surface area is 122 Å². The van der Waals surface area contributed by atoms with Gasteiger partial charge in [0.1, 0.15) is 5.82 Å². The van der Waals surface area contributed by atoms with Crippen LogP contribution in [0, 0.1) is 5.82 Å². The summed E-state index contributed by atoms with van der Waals surface area (Å²) in [7, 11) is 0. The average molecular weight is 278 g/mol. The summed E-state index contributed by atoms with van der Waals surface area (Å²) in [6.07, 6.45) is 6.46. The highest BCUT2D eigenvalue weighted by molar-refractivity contribution is 5.19. The van der Waals surface area contributed by atoms with Crippen molar-refractivity contribution in [1.29, 1.82) is 0 Å². The fourth-order valence-corrected chi connectivity index (χ4v) is 3.07. The molecule has 0 bridgehead atoms. The van der Waals surface area contributed by atoms with Gasteiger partial charge in [-0.15, -0.1) is 0 Å². The van der Waals surface area contributed by atoms with Gasteiger partial charge in [-0.3, -0.25) is 0 Å². The molecule has 1 aromatic carbocycles. The maximum absolute atomic E-state index is 12.9. The van der Waals surface area contributed by atoms with Gasteiger partial charge in [0.15, 0.2) is 0 Å². The summed E-state index contributed by atoms with van der Waals surface area (Å²) in [5, 5.41) is 7.26. The van der Waals surface area contributed by atoms with Gasteiger partial charge < -0.3 is 10.6 Å². The van der Waals surface area contributed by atoms with Gasteiger partial charge in [0.05, 0.1) is 0 Å². The normalized spacial score (nSPS) is 23.1. The lowest BCUT2D eigenvalue weighted by Gasteiger charge is -2.25. The zero-order valence-electron chi connectivity index (χ0n) is 12.7. The van der Waals surface area contributed by atoms with Gasteiger partial charge in [-0.1, -0.05) is 25.0 Å². The van der Waals surface area contributed by atoms with Crippen LogP contribution in [0.3, 0.4) is 0 Å². The molecule has 112 valence electrons. The molecule has 3 heteroatoms. The lowest BCUT2D eigenvalue weighted by Crippen LogP contribution is -2.37. The first kappa shape index (κ1) is 15.5. The third kappa shape index (κ3) is 4.88. The molecule has 1 aromatic rings. The van der Waals surface area contributed by atoms with Crippen molar-refractivity contribution in [1.82, 2.24) is 10.6 Å². The van der Waals surface area contributed by atoms with Crippen LogP contribution in [-0.2, 0) is 0 Å². The molecule has 1 fully saturated rings. The molecule has 0 spiro atoms. The van der Waals surface area contributed by atoms with Crippen LogP contribution in [-0.4, -0.2) is 18.6 Å². The van der Waals surface area contributed by atoms with Gasteiger partial charge in [-0.25, -0.2) is 4.39 Å². The minimum absolute atomic E-state index is 0.170. The number of hydrogen-bond acceptors (Lipinski definition) is 2. The van der Waals surface area contributed by atoms with Gasteiger partial charge in [0.2, 0.25) is 0 Å². The monoisotopic (exact) mass is 278 g/mol.